The van der Waals surface area contributed by atoms with Crippen LogP contribution in [0.25, 0.3) is 0 Å². The minimum atomic E-state index is -0.814. The highest BCUT2D eigenvalue weighted by Gasteiger charge is 2.19. The predicted molar refractivity (Wildman–Crippen MR) is 362 cm³/mol. The largest absolute Gasteiger partial charge is 0.462 e. The molecule has 0 N–H and O–H groups in total. The Hall–Kier alpha value is -4.71. The van der Waals surface area contributed by atoms with Crippen molar-refractivity contribution in [3.8, 4) is 0 Å². The molecular formula is C77H126O6. The number of hydrogen-bond acceptors (Lipinski definition) is 6. The number of unbranched alkanes of at least 4 members (excludes halogenated alkanes) is 26. The first kappa shape index (κ1) is 78.3. The third-order valence-corrected chi connectivity index (χ3v) is 14.3. The third kappa shape index (κ3) is 68.0. The molecule has 0 saturated heterocycles. The van der Waals surface area contributed by atoms with Crippen LogP contribution in [0, 0.1) is 0 Å². The summed E-state index contributed by atoms with van der Waals surface area (Å²) >= 11 is 0. The van der Waals surface area contributed by atoms with E-state index in [9.17, 15) is 14.4 Å². The van der Waals surface area contributed by atoms with Gasteiger partial charge in [-0.2, -0.15) is 0 Å². The Morgan fingerprint density at radius 1 is 0.253 bits per heavy atom. The summed E-state index contributed by atoms with van der Waals surface area (Å²) in [7, 11) is 0. The molecule has 0 spiro atoms. The summed E-state index contributed by atoms with van der Waals surface area (Å²) in [6.07, 6.45) is 100. The van der Waals surface area contributed by atoms with E-state index in [-0.39, 0.29) is 37.5 Å². The van der Waals surface area contributed by atoms with Crippen molar-refractivity contribution in [2.24, 2.45) is 0 Å². The van der Waals surface area contributed by atoms with Crippen molar-refractivity contribution < 1.29 is 28.6 Å². The highest BCUT2D eigenvalue weighted by Crippen LogP contribution is 2.16. The van der Waals surface area contributed by atoms with E-state index in [1.807, 2.05) is 0 Å². The molecule has 0 aromatic rings. The van der Waals surface area contributed by atoms with Crippen molar-refractivity contribution in [3.63, 3.8) is 0 Å². The smallest absolute Gasteiger partial charge is 0.306 e. The van der Waals surface area contributed by atoms with Crippen LogP contribution in [0.15, 0.2) is 146 Å². The molecule has 0 bridgehead atoms. The van der Waals surface area contributed by atoms with Gasteiger partial charge < -0.3 is 14.2 Å². The van der Waals surface area contributed by atoms with Crippen LogP contribution >= 0.6 is 0 Å². The van der Waals surface area contributed by atoms with Crippen LogP contribution in [0.2, 0.25) is 0 Å². The van der Waals surface area contributed by atoms with Gasteiger partial charge in [0.2, 0.25) is 0 Å². The van der Waals surface area contributed by atoms with Crippen molar-refractivity contribution in [1.82, 2.24) is 0 Å². The number of ether oxygens (including phenoxy) is 3. The maximum Gasteiger partial charge on any atom is 0.306 e. The molecule has 0 aliphatic rings. The monoisotopic (exact) mass is 1150 g/mol. The van der Waals surface area contributed by atoms with Gasteiger partial charge in [-0.15, -0.1) is 0 Å². The lowest BCUT2D eigenvalue weighted by Crippen LogP contribution is -2.30. The molecule has 6 nitrogen and oxygen atoms in total. The Morgan fingerprint density at radius 2 is 0.482 bits per heavy atom. The third-order valence-electron chi connectivity index (χ3n) is 14.3. The Morgan fingerprint density at radius 3 is 0.783 bits per heavy atom. The molecular weight excluding hydrogens is 1020 g/mol. The fourth-order valence-corrected chi connectivity index (χ4v) is 9.24. The minimum absolute atomic E-state index is 0.104. The van der Waals surface area contributed by atoms with E-state index >= 15 is 0 Å². The number of rotatable bonds is 61. The van der Waals surface area contributed by atoms with E-state index in [4.69, 9.17) is 14.2 Å². The number of carbonyl (C=O) groups excluding carboxylic acids is 3. The number of carbonyl (C=O) groups is 3. The zero-order valence-electron chi connectivity index (χ0n) is 53.9. The molecule has 0 aliphatic heterocycles. The van der Waals surface area contributed by atoms with Crippen molar-refractivity contribution in [2.45, 2.75) is 309 Å². The highest BCUT2D eigenvalue weighted by atomic mass is 16.6. The van der Waals surface area contributed by atoms with Gasteiger partial charge in [0.1, 0.15) is 13.2 Å². The molecule has 0 radical (unpaired) electrons. The standard InChI is InChI=1S/C77H126O6/c1-4-7-10-13-16-19-22-25-28-31-33-35-37-38-40-41-43-46-49-52-55-58-61-64-67-70-76(79)82-73-74(72-81-75(78)69-66-63-60-57-54-51-48-45-30-27-24-21-18-15-12-9-6-3)83-77(80)71-68-65-62-59-56-53-50-47-44-42-39-36-34-32-29-26-23-20-17-14-11-8-5-2/h7,9-10,12,16,18-19,21,23,25-28,30,32-35,39,42,48,51,57,60,74H,4-6,8,11,13-15,17,20,22,24,29,31,36-38,40-41,43-47,49-50,52-56,58-59,61-73H2,1-3H3/b10-7-,12-9-,19-16-,21-18-,26-23-,28-25-,30-27-,34-32-,35-33-,42-39-,51-48-,60-57-. The fraction of sp³-hybridized carbons (Fsp3) is 0.649. The maximum absolute atomic E-state index is 13.0. The molecule has 0 amide bonds. The van der Waals surface area contributed by atoms with E-state index in [0.717, 1.165) is 122 Å². The van der Waals surface area contributed by atoms with Crippen LogP contribution in [-0.2, 0) is 28.6 Å². The van der Waals surface area contributed by atoms with E-state index < -0.39 is 6.10 Å². The lowest BCUT2D eigenvalue weighted by Gasteiger charge is -2.18. The lowest BCUT2D eigenvalue weighted by atomic mass is 10.0. The van der Waals surface area contributed by atoms with Crippen LogP contribution < -0.4 is 0 Å². The van der Waals surface area contributed by atoms with Gasteiger partial charge in [-0.1, -0.05) is 295 Å². The molecule has 83 heavy (non-hydrogen) atoms. The van der Waals surface area contributed by atoms with E-state index in [1.165, 1.54) is 135 Å². The number of esters is 3. The average Bonchev–Trinajstić information content (AvgIpc) is 3.49. The van der Waals surface area contributed by atoms with Gasteiger partial charge in [0.25, 0.3) is 0 Å². The second-order valence-electron chi connectivity index (χ2n) is 22.3. The topological polar surface area (TPSA) is 78.9 Å². The van der Waals surface area contributed by atoms with Crippen LogP contribution in [0.4, 0.5) is 0 Å². The predicted octanol–water partition coefficient (Wildman–Crippen LogP) is 23.9. The van der Waals surface area contributed by atoms with Crippen molar-refractivity contribution in [2.75, 3.05) is 13.2 Å². The SMILES string of the molecule is CC/C=C\C/C=C\C/C=C\C/C=C\C/C=C\CCCC(=O)OCC(COC(=O)CCCCCCCCCCCCCC/C=C\C/C=C\C/C=C\C/C=C\CC)OC(=O)CCCCCCCCCC/C=C\C/C=C\C/C=C\CCCCCCC. The van der Waals surface area contributed by atoms with E-state index in [2.05, 4.69) is 167 Å². The van der Waals surface area contributed by atoms with Crippen molar-refractivity contribution >= 4 is 17.9 Å². The molecule has 0 saturated carbocycles. The van der Waals surface area contributed by atoms with Crippen LogP contribution in [0.1, 0.15) is 303 Å². The van der Waals surface area contributed by atoms with Gasteiger partial charge in [0, 0.05) is 19.3 Å². The second-order valence-corrected chi connectivity index (χ2v) is 22.3. The Balaban J connectivity index is 4.45. The van der Waals surface area contributed by atoms with E-state index in [1.54, 1.807) is 0 Å². The normalized spacial score (nSPS) is 13.0. The zero-order chi connectivity index (χ0) is 59.9. The summed E-state index contributed by atoms with van der Waals surface area (Å²) < 4.78 is 16.9. The molecule has 470 valence electrons. The summed E-state index contributed by atoms with van der Waals surface area (Å²) in [5.74, 6) is -0.969. The maximum atomic E-state index is 13.0. The Labute approximate surface area is 512 Å². The van der Waals surface area contributed by atoms with Gasteiger partial charge in [-0.05, 0) is 135 Å². The molecule has 1 unspecified atom stereocenters. The number of hydrogen-bond donors (Lipinski definition) is 0. The van der Waals surface area contributed by atoms with Crippen molar-refractivity contribution in [3.05, 3.63) is 146 Å². The van der Waals surface area contributed by atoms with Gasteiger partial charge >= 0.3 is 17.9 Å². The molecule has 1 atom stereocenters. The molecule has 6 heteroatoms. The first-order valence-corrected chi connectivity index (χ1v) is 34.3. The fourth-order valence-electron chi connectivity index (χ4n) is 9.24. The summed E-state index contributed by atoms with van der Waals surface area (Å²) in [5, 5.41) is 0. The molecule has 0 rings (SSSR count). The molecule has 0 aliphatic carbocycles. The number of allylic oxidation sites excluding steroid dienone is 24. The quantitative estimate of drug-likeness (QED) is 0.0261. The minimum Gasteiger partial charge on any atom is -0.462 e. The summed E-state index contributed by atoms with van der Waals surface area (Å²) in [6, 6.07) is 0. The Bertz CT molecular complexity index is 1800. The van der Waals surface area contributed by atoms with Gasteiger partial charge in [-0.25, -0.2) is 0 Å². The van der Waals surface area contributed by atoms with Gasteiger partial charge in [0.05, 0.1) is 0 Å². The van der Waals surface area contributed by atoms with Crippen LogP contribution in [-0.4, -0.2) is 37.2 Å². The van der Waals surface area contributed by atoms with Crippen molar-refractivity contribution in [1.29, 1.82) is 0 Å². The molecule has 0 fully saturated rings. The van der Waals surface area contributed by atoms with E-state index in [0.29, 0.717) is 19.3 Å². The summed E-state index contributed by atoms with van der Waals surface area (Å²) in [6.45, 7) is 6.36. The summed E-state index contributed by atoms with van der Waals surface area (Å²) in [5.41, 5.74) is 0. The highest BCUT2D eigenvalue weighted by molar-refractivity contribution is 5.71. The van der Waals surface area contributed by atoms with Crippen LogP contribution in [0.5, 0.6) is 0 Å². The zero-order valence-corrected chi connectivity index (χ0v) is 53.9. The summed E-state index contributed by atoms with van der Waals surface area (Å²) in [4.78, 5) is 38.4. The first-order chi connectivity index (χ1) is 41.0. The van der Waals surface area contributed by atoms with Gasteiger partial charge in [-0.3, -0.25) is 14.4 Å². The Kier molecular flexibility index (Phi) is 65.8. The van der Waals surface area contributed by atoms with Gasteiger partial charge in [0.15, 0.2) is 6.10 Å². The molecule has 0 aromatic heterocycles. The van der Waals surface area contributed by atoms with Crippen LogP contribution in [0.3, 0.4) is 0 Å². The lowest BCUT2D eigenvalue weighted by molar-refractivity contribution is -0.167. The molecule has 0 aromatic carbocycles. The average molecular weight is 1150 g/mol. The molecule has 0 heterocycles. The first-order valence-electron chi connectivity index (χ1n) is 34.3. The second kappa shape index (κ2) is 69.8.